The molecule has 3 aromatic heterocycles. The van der Waals surface area contributed by atoms with Crippen LogP contribution in [0.25, 0.3) is 33.7 Å². The van der Waals surface area contributed by atoms with Gasteiger partial charge in [-0.25, -0.2) is 23.7 Å². The van der Waals surface area contributed by atoms with Crippen LogP contribution in [0, 0.1) is 11.6 Å². The fourth-order valence-electron chi connectivity index (χ4n) is 4.83. The van der Waals surface area contributed by atoms with Crippen molar-refractivity contribution in [1.82, 2.24) is 30.5 Å². The van der Waals surface area contributed by atoms with Gasteiger partial charge in [0.1, 0.15) is 34.2 Å². The molecule has 4 heterocycles. The van der Waals surface area contributed by atoms with Gasteiger partial charge >= 0.3 is 0 Å². The molecule has 174 valence electrons. The van der Waals surface area contributed by atoms with Gasteiger partial charge in [0.15, 0.2) is 5.82 Å². The average molecular weight is 463 g/mol. The minimum atomic E-state index is -0.667. The van der Waals surface area contributed by atoms with Gasteiger partial charge in [-0.15, -0.1) is 0 Å². The molecule has 1 aliphatic carbocycles. The minimum Gasteiger partial charge on any atom is -0.378 e. The number of ether oxygens (including phenoxy) is 1. The molecular formula is C24H23F2N7O. The van der Waals surface area contributed by atoms with E-state index in [9.17, 15) is 0 Å². The summed E-state index contributed by atoms with van der Waals surface area (Å²) < 4.78 is 35.9. The van der Waals surface area contributed by atoms with E-state index in [-0.39, 0.29) is 17.4 Å². The summed E-state index contributed by atoms with van der Waals surface area (Å²) in [6, 6.07) is 5.20. The second-order valence-electron chi connectivity index (χ2n) is 8.53. The molecule has 1 aliphatic heterocycles. The Morgan fingerprint density at radius 2 is 2.00 bits per heavy atom. The summed E-state index contributed by atoms with van der Waals surface area (Å²) in [7, 11) is 1.79. The van der Waals surface area contributed by atoms with E-state index < -0.39 is 11.6 Å². The first-order valence-corrected chi connectivity index (χ1v) is 11.3. The smallest absolute Gasteiger partial charge is 0.165 e. The molecule has 8 nitrogen and oxygen atoms in total. The van der Waals surface area contributed by atoms with Crippen molar-refractivity contribution in [2.24, 2.45) is 0 Å². The van der Waals surface area contributed by atoms with Gasteiger partial charge in [0.05, 0.1) is 25.0 Å². The summed E-state index contributed by atoms with van der Waals surface area (Å²) in [5.41, 5.74) is 3.35. The third kappa shape index (κ3) is 3.41. The van der Waals surface area contributed by atoms with Gasteiger partial charge in [-0.3, -0.25) is 5.10 Å². The first-order chi connectivity index (χ1) is 16.6. The van der Waals surface area contributed by atoms with Crippen molar-refractivity contribution in [2.45, 2.75) is 18.9 Å². The maximum absolute atomic E-state index is 15.4. The maximum Gasteiger partial charge on any atom is 0.165 e. The summed E-state index contributed by atoms with van der Waals surface area (Å²) >= 11 is 0. The highest BCUT2D eigenvalue weighted by molar-refractivity contribution is 5.90. The molecule has 0 radical (unpaired) electrons. The van der Waals surface area contributed by atoms with Crippen LogP contribution >= 0.6 is 0 Å². The molecule has 0 bridgehead atoms. The van der Waals surface area contributed by atoms with Gasteiger partial charge in [0.2, 0.25) is 0 Å². The van der Waals surface area contributed by atoms with Gasteiger partial charge < -0.3 is 15.0 Å². The Kier molecular flexibility index (Phi) is 5.19. The predicted molar refractivity (Wildman–Crippen MR) is 123 cm³/mol. The molecule has 1 atom stereocenters. The number of halogens is 2. The molecule has 1 unspecified atom stereocenters. The number of anilines is 1. The van der Waals surface area contributed by atoms with Crippen LogP contribution in [0.15, 0.2) is 30.6 Å². The number of nitrogens with zero attached hydrogens (tertiary/aromatic N) is 5. The Morgan fingerprint density at radius 3 is 2.76 bits per heavy atom. The lowest BCUT2D eigenvalue weighted by Crippen LogP contribution is -2.36. The van der Waals surface area contributed by atoms with Crippen molar-refractivity contribution in [3.63, 3.8) is 0 Å². The van der Waals surface area contributed by atoms with Crippen molar-refractivity contribution >= 4 is 16.9 Å². The lowest BCUT2D eigenvalue weighted by atomic mass is 10.0. The number of hydrogen-bond acceptors (Lipinski definition) is 7. The molecule has 6 rings (SSSR count). The van der Waals surface area contributed by atoms with Gasteiger partial charge in [0.25, 0.3) is 0 Å². The molecule has 0 spiro atoms. The Labute approximate surface area is 194 Å². The van der Waals surface area contributed by atoms with Crippen LogP contribution in [-0.4, -0.2) is 58.5 Å². The van der Waals surface area contributed by atoms with E-state index in [2.05, 4.69) is 35.4 Å². The van der Waals surface area contributed by atoms with E-state index in [0.717, 1.165) is 30.9 Å². The van der Waals surface area contributed by atoms with Crippen molar-refractivity contribution in [1.29, 1.82) is 0 Å². The molecule has 10 heteroatoms. The summed E-state index contributed by atoms with van der Waals surface area (Å²) in [5, 5.41) is 10.4. The molecule has 34 heavy (non-hydrogen) atoms. The van der Waals surface area contributed by atoms with Crippen LogP contribution in [0.4, 0.5) is 14.6 Å². The van der Waals surface area contributed by atoms with E-state index in [1.54, 1.807) is 13.2 Å². The van der Waals surface area contributed by atoms with Gasteiger partial charge in [-0.2, -0.15) is 5.10 Å². The van der Waals surface area contributed by atoms with Gasteiger partial charge in [0, 0.05) is 30.9 Å². The van der Waals surface area contributed by atoms with Crippen LogP contribution in [-0.2, 0) is 11.2 Å². The van der Waals surface area contributed by atoms with Crippen molar-refractivity contribution in [2.75, 3.05) is 38.3 Å². The predicted octanol–water partition coefficient (Wildman–Crippen LogP) is 3.40. The molecule has 2 N–H and O–H groups in total. The molecule has 1 saturated heterocycles. The third-order valence-corrected chi connectivity index (χ3v) is 6.64. The number of morpholine rings is 1. The zero-order chi connectivity index (χ0) is 23.2. The Morgan fingerprint density at radius 1 is 1.15 bits per heavy atom. The molecule has 0 amide bonds. The molecule has 4 aromatic rings. The van der Waals surface area contributed by atoms with Crippen LogP contribution in [0.3, 0.4) is 0 Å². The molecule has 0 saturated carbocycles. The van der Waals surface area contributed by atoms with E-state index in [1.165, 1.54) is 12.3 Å². The number of H-pyrrole nitrogens is 1. The third-order valence-electron chi connectivity index (χ3n) is 6.64. The van der Waals surface area contributed by atoms with Crippen LogP contribution in [0.1, 0.15) is 23.6 Å². The van der Waals surface area contributed by atoms with Crippen LogP contribution in [0.5, 0.6) is 0 Å². The number of aromatic nitrogens is 5. The summed E-state index contributed by atoms with van der Waals surface area (Å²) in [6.07, 6.45) is 4.51. The normalized spacial score (nSPS) is 18.0. The van der Waals surface area contributed by atoms with E-state index >= 15 is 8.78 Å². The Balaban J connectivity index is 1.39. The summed E-state index contributed by atoms with van der Waals surface area (Å²) in [6.45, 7) is 2.94. The number of aromatic amines is 1. The lowest BCUT2D eigenvalue weighted by molar-refractivity contribution is 0.122. The Bertz CT molecular complexity index is 1370. The SMILES string of the molecule is CNC1CCc2c1cc(F)c(-c1ncc3[nH]nc(-c4ccc(N5CCOCC5)nc4)c3n1)c2F. The number of hydrogen-bond donors (Lipinski definition) is 2. The lowest BCUT2D eigenvalue weighted by Gasteiger charge is -2.27. The minimum absolute atomic E-state index is 0.00115. The fourth-order valence-corrected chi connectivity index (χ4v) is 4.83. The standard InChI is InChI=1S/C24H23F2N7O/c1-27-17-4-3-14-15(17)10-16(25)20(21(14)26)24-29-12-18-23(30-24)22(32-31-18)13-2-5-19(28-11-13)33-6-8-34-9-7-33/h2,5,10-12,17,27H,3-4,6-9H2,1H3,(H,31,32). The number of rotatable bonds is 4. The molecule has 1 fully saturated rings. The van der Waals surface area contributed by atoms with Crippen LogP contribution < -0.4 is 10.2 Å². The maximum atomic E-state index is 15.4. The first-order valence-electron chi connectivity index (χ1n) is 11.3. The Hall–Kier alpha value is -3.50. The zero-order valence-corrected chi connectivity index (χ0v) is 18.6. The van der Waals surface area contributed by atoms with Crippen molar-refractivity contribution in [3.05, 3.63) is 53.4 Å². The number of nitrogens with one attached hydrogen (secondary N) is 2. The highest BCUT2D eigenvalue weighted by Crippen LogP contribution is 2.38. The molecule has 1 aromatic carbocycles. The largest absolute Gasteiger partial charge is 0.378 e. The number of pyridine rings is 1. The second-order valence-corrected chi connectivity index (χ2v) is 8.53. The summed E-state index contributed by atoms with van der Waals surface area (Å²) in [4.78, 5) is 15.5. The van der Waals surface area contributed by atoms with E-state index in [1.807, 2.05) is 12.1 Å². The van der Waals surface area contributed by atoms with E-state index in [0.29, 0.717) is 47.5 Å². The first kappa shape index (κ1) is 21.1. The van der Waals surface area contributed by atoms with Gasteiger partial charge in [-0.1, -0.05) is 0 Å². The van der Waals surface area contributed by atoms with Crippen molar-refractivity contribution < 1.29 is 13.5 Å². The topological polar surface area (TPSA) is 91.9 Å². The quantitative estimate of drug-likeness (QED) is 0.479. The molecular weight excluding hydrogens is 440 g/mol. The van der Waals surface area contributed by atoms with E-state index in [4.69, 9.17) is 4.74 Å². The zero-order valence-electron chi connectivity index (χ0n) is 18.6. The molecule has 2 aliphatic rings. The fraction of sp³-hybridized carbons (Fsp3) is 0.333. The average Bonchev–Trinajstić information content (AvgIpc) is 3.48. The second kappa shape index (κ2) is 8.37. The summed E-state index contributed by atoms with van der Waals surface area (Å²) in [5.74, 6) is -0.392. The van der Waals surface area contributed by atoms with Crippen LogP contribution in [0.2, 0.25) is 0 Å². The highest BCUT2D eigenvalue weighted by Gasteiger charge is 2.29. The number of benzene rings is 1. The van der Waals surface area contributed by atoms with Crippen molar-refractivity contribution in [3.8, 4) is 22.6 Å². The van der Waals surface area contributed by atoms with Gasteiger partial charge in [-0.05, 0) is 49.2 Å². The monoisotopic (exact) mass is 463 g/mol. The number of fused-ring (bicyclic) bond motifs is 2. The highest BCUT2D eigenvalue weighted by atomic mass is 19.1.